The van der Waals surface area contributed by atoms with Gasteiger partial charge in [0.25, 0.3) is 17.7 Å². The summed E-state index contributed by atoms with van der Waals surface area (Å²) in [6, 6.07) is 2.99. The van der Waals surface area contributed by atoms with Crippen molar-refractivity contribution in [3.8, 4) is 0 Å². The summed E-state index contributed by atoms with van der Waals surface area (Å²) in [4.78, 5) is 38.2. The van der Waals surface area contributed by atoms with Crippen LogP contribution in [0, 0.1) is 0 Å². The van der Waals surface area contributed by atoms with Gasteiger partial charge in [-0.2, -0.15) is 0 Å². The Bertz CT molecular complexity index is 664. The zero-order valence-corrected chi connectivity index (χ0v) is 17.7. The number of carbonyl (C=O) groups is 3. The van der Waals surface area contributed by atoms with Gasteiger partial charge in [-0.1, -0.05) is 13.8 Å². The first-order valence-corrected chi connectivity index (χ1v) is 9.54. The topological polar surface area (TPSA) is 87.3 Å². The quantitative estimate of drug-likeness (QED) is 0.684. The molecule has 0 unspecified atom stereocenters. The van der Waals surface area contributed by atoms with Crippen molar-refractivity contribution in [1.82, 2.24) is 16.0 Å². The first-order valence-electron chi connectivity index (χ1n) is 9.54. The van der Waals surface area contributed by atoms with E-state index in [9.17, 15) is 14.4 Å². The van der Waals surface area contributed by atoms with Gasteiger partial charge in [0.05, 0.1) is 0 Å². The highest BCUT2D eigenvalue weighted by molar-refractivity contribution is 6.06. The Hall–Kier alpha value is -2.37. The highest BCUT2D eigenvalue weighted by atomic mass is 16.2. The molecule has 0 aliphatic heterocycles. The molecule has 6 nitrogen and oxygen atoms in total. The summed E-state index contributed by atoms with van der Waals surface area (Å²) in [5.41, 5.74) is 1.68. The van der Waals surface area contributed by atoms with E-state index in [4.69, 9.17) is 0 Å². The second kappa shape index (κ2) is 9.53. The Morgan fingerprint density at radius 2 is 0.963 bits per heavy atom. The number of nitrogens with one attached hydrogen (secondary N) is 3. The zero-order valence-electron chi connectivity index (χ0n) is 17.7. The molecule has 0 saturated heterocycles. The molecule has 0 spiro atoms. The van der Waals surface area contributed by atoms with Crippen molar-refractivity contribution in [2.24, 2.45) is 0 Å². The maximum atomic E-state index is 12.8. The molecular weight excluding hydrogens is 342 g/mol. The molecule has 0 atom stereocenters. The van der Waals surface area contributed by atoms with Crippen molar-refractivity contribution in [2.45, 2.75) is 79.4 Å². The highest BCUT2D eigenvalue weighted by Gasteiger charge is 2.25. The fourth-order valence-electron chi connectivity index (χ4n) is 2.81. The molecule has 0 saturated carbocycles. The Balaban J connectivity index is 3.63. The molecule has 150 valence electrons. The predicted octanol–water partition coefficient (Wildman–Crippen LogP) is 3.22. The fourth-order valence-corrected chi connectivity index (χ4v) is 2.81. The lowest BCUT2D eigenvalue weighted by Gasteiger charge is -2.21. The average Bonchev–Trinajstić information content (AvgIpc) is 2.51. The fraction of sp³-hybridized carbons (Fsp3) is 0.571. The van der Waals surface area contributed by atoms with Crippen molar-refractivity contribution < 1.29 is 14.4 Å². The van der Waals surface area contributed by atoms with Gasteiger partial charge in [-0.15, -0.1) is 0 Å². The monoisotopic (exact) mass is 375 g/mol. The first-order chi connectivity index (χ1) is 12.4. The van der Waals surface area contributed by atoms with Crippen LogP contribution in [-0.4, -0.2) is 35.8 Å². The van der Waals surface area contributed by atoms with Crippen LogP contribution in [-0.2, 0) is 0 Å². The van der Waals surface area contributed by atoms with E-state index >= 15 is 0 Å². The molecule has 0 radical (unpaired) electrons. The Morgan fingerprint density at radius 1 is 0.630 bits per heavy atom. The van der Waals surface area contributed by atoms with Gasteiger partial charge >= 0.3 is 0 Å². The van der Waals surface area contributed by atoms with E-state index in [1.165, 1.54) is 0 Å². The van der Waals surface area contributed by atoms with Crippen molar-refractivity contribution >= 4 is 17.7 Å². The van der Waals surface area contributed by atoms with E-state index in [0.29, 0.717) is 22.3 Å². The van der Waals surface area contributed by atoms with Gasteiger partial charge < -0.3 is 16.0 Å². The van der Waals surface area contributed by atoms with Crippen LogP contribution in [0.15, 0.2) is 12.1 Å². The third kappa shape index (κ3) is 6.38. The van der Waals surface area contributed by atoms with Crippen molar-refractivity contribution in [3.63, 3.8) is 0 Å². The molecule has 1 aromatic rings. The summed E-state index contributed by atoms with van der Waals surface area (Å²) in [6.07, 6.45) is 0. The average molecular weight is 376 g/mol. The molecule has 0 bridgehead atoms. The lowest BCUT2D eigenvalue weighted by atomic mass is 9.88. The molecule has 0 fully saturated rings. The van der Waals surface area contributed by atoms with Crippen LogP contribution in [0.1, 0.15) is 97.9 Å². The molecule has 3 amide bonds. The van der Waals surface area contributed by atoms with Crippen LogP contribution in [0.2, 0.25) is 0 Å². The van der Waals surface area contributed by atoms with Crippen LogP contribution >= 0.6 is 0 Å². The summed E-state index contributed by atoms with van der Waals surface area (Å²) in [7, 11) is 0. The van der Waals surface area contributed by atoms with Gasteiger partial charge in [0, 0.05) is 34.8 Å². The second-order valence-electron chi connectivity index (χ2n) is 8.02. The van der Waals surface area contributed by atoms with E-state index in [1.54, 1.807) is 12.1 Å². The van der Waals surface area contributed by atoms with Gasteiger partial charge in [0.2, 0.25) is 0 Å². The summed E-state index contributed by atoms with van der Waals surface area (Å²) in [5, 5.41) is 8.55. The maximum Gasteiger partial charge on any atom is 0.251 e. The number of amides is 3. The van der Waals surface area contributed by atoms with Gasteiger partial charge in [-0.05, 0) is 65.2 Å². The number of hydrogen-bond donors (Lipinski definition) is 3. The minimum absolute atomic E-state index is 0.0526. The Kier molecular flexibility index (Phi) is 8.00. The van der Waals surface area contributed by atoms with Crippen molar-refractivity contribution in [2.75, 3.05) is 0 Å². The molecule has 0 aliphatic rings. The van der Waals surface area contributed by atoms with Gasteiger partial charge in [0.1, 0.15) is 0 Å². The van der Waals surface area contributed by atoms with E-state index in [-0.39, 0.29) is 41.8 Å². The molecular formula is C21H33N3O3. The Labute approximate surface area is 162 Å². The Morgan fingerprint density at radius 3 is 1.26 bits per heavy atom. The zero-order chi connectivity index (χ0) is 20.9. The number of carbonyl (C=O) groups excluding carboxylic acids is 3. The summed E-state index contributed by atoms with van der Waals surface area (Å²) in [6.45, 7) is 15.1. The lowest BCUT2D eigenvalue weighted by molar-refractivity contribution is 0.0941. The molecule has 0 heterocycles. The van der Waals surface area contributed by atoms with Crippen LogP contribution < -0.4 is 16.0 Å². The van der Waals surface area contributed by atoms with Gasteiger partial charge in [0.15, 0.2) is 0 Å². The standard InChI is InChI=1S/C21H33N3O3/c1-11(2)18-16(20(26)23-13(5)6)9-15(19(25)22-12(3)4)10-17(18)21(27)24-14(7)8/h9-14H,1-8H3,(H,22,25)(H,23,26)(H,24,27). The molecule has 1 rings (SSSR count). The van der Waals surface area contributed by atoms with E-state index in [1.807, 2.05) is 55.4 Å². The van der Waals surface area contributed by atoms with Gasteiger partial charge in [-0.25, -0.2) is 0 Å². The maximum absolute atomic E-state index is 12.8. The normalized spacial score (nSPS) is 11.3. The third-order valence-electron chi connectivity index (χ3n) is 3.77. The molecule has 0 aromatic heterocycles. The largest absolute Gasteiger partial charge is 0.350 e. The highest BCUT2D eigenvalue weighted by Crippen LogP contribution is 2.26. The lowest BCUT2D eigenvalue weighted by Crippen LogP contribution is -2.35. The molecule has 3 N–H and O–H groups in total. The van der Waals surface area contributed by atoms with Crippen LogP contribution in [0.4, 0.5) is 0 Å². The van der Waals surface area contributed by atoms with Crippen molar-refractivity contribution in [3.05, 3.63) is 34.4 Å². The summed E-state index contributed by atoms with van der Waals surface area (Å²) in [5.74, 6) is -0.941. The number of rotatable bonds is 7. The SMILES string of the molecule is CC(C)NC(=O)c1cc(C(=O)NC(C)C)c(C(C)C)c(C(=O)NC(C)C)c1. The first kappa shape index (κ1) is 22.7. The van der Waals surface area contributed by atoms with E-state index in [2.05, 4.69) is 16.0 Å². The van der Waals surface area contributed by atoms with Crippen LogP contribution in [0.3, 0.4) is 0 Å². The molecule has 27 heavy (non-hydrogen) atoms. The number of hydrogen-bond acceptors (Lipinski definition) is 3. The summed E-state index contributed by atoms with van der Waals surface area (Å²) >= 11 is 0. The number of benzene rings is 1. The van der Waals surface area contributed by atoms with Crippen molar-refractivity contribution in [1.29, 1.82) is 0 Å². The minimum atomic E-state index is -0.308. The molecule has 0 aliphatic carbocycles. The predicted molar refractivity (Wildman–Crippen MR) is 108 cm³/mol. The summed E-state index contributed by atoms with van der Waals surface area (Å²) < 4.78 is 0. The molecule has 1 aromatic carbocycles. The van der Waals surface area contributed by atoms with Gasteiger partial charge in [-0.3, -0.25) is 14.4 Å². The van der Waals surface area contributed by atoms with Crippen LogP contribution in [0.25, 0.3) is 0 Å². The van der Waals surface area contributed by atoms with Crippen LogP contribution in [0.5, 0.6) is 0 Å². The van der Waals surface area contributed by atoms with E-state index < -0.39 is 0 Å². The third-order valence-corrected chi connectivity index (χ3v) is 3.77. The smallest absolute Gasteiger partial charge is 0.251 e. The van der Waals surface area contributed by atoms with E-state index in [0.717, 1.165) is 0 Å². The molecule has 6 heteroatoms. The minimum Gasteiger partial charge on any atom is -0.350 e. The second-order valence-corrected chi connectivity index (χ2v) is 8.02.